The predicted octanol–water partition coefficient (Wildman–Crippen LogP) is 1.16. The first-order valence-corrected chi connectivity index (χ1v) is 6.97. The number of hydrogen-bond donors (Lipinski definition) is 3. The molecular formula is C15H22N2O3. The quantitative estimate of drug-likeness (QED) is 0.708. The van der Waals surface area contributed by atoms with Gasteiger partial charge in [-0.05, 0) is 30.4 Å². The highest BCUT2D eigenvalue weighted by atomic mass is 16.5. The molecule has 1 aromatic rings. The molecule has 0 radical (unpaired) electrons. The fourth-order valence-electron chi connectivity index (χ4n) is 2.64. The van der Waals surface area contributed by atoms with Gasteiger partial charge < -0.3 is 20.5 Å². The van der Waals surface area contributed by atoms with Gasteiger partial charge in [0.15, 0.2) is 0 Å². The Hall–Kier alpha value is -1.59. The minimum Gasteiger partial charge on any atom is -0.383 e. The van der Waals surface area contributed by atoms with Crippen molar-refractivity contribution in [3.63, 3.8) is 0 Å². The van der Waals surface area contributed by atoms with Gasteiger partial charge in [0.1, 0.15) is 5.60 Å². The maximum Gasteiger partial charge on any atom is 0.314 e. The van der Waals surface area contributed by atoms with Gasteiger partial charge in [-0.25, -0.2) is 4.79 Å². The first-order valence-electron chi connectivity index (χ1n) is 6.97. The van der Waals surface area contributed by atoms with E-state index in [2.05, 4.69) is 10.6 Å². The largest absolute Gasteiger partial charge is 0.383 e. The number of carbonyl (C=O) groups excluding carboxylic acids is 1. The van der Waals surface area contributed by atoms with Crippen molar-refractivity contribution in [2.45, 2.75) is 24.9 Å². The van der Waals surface area contributed by atoms with Crippen LogP contribution in [0.5, 0.6) is 0 Å². The fraction of sp³-hybridized carbons (Fsp3) is 0.533. The summed E-state index contributed by atoms with van der Waals surface area (Å²) >= 11 is 0. The highest BCUT2D eigenvalue weighted by Crippen LogP contribution is 2.34. The summed E-state index contributed by atoms with van der Waals surface area (Å²) in [7, 11) is 1.58. The van der Waals surface area contributed by atoms with Crippen LogP contribution in [0.1, 0.15) is 24.0 Å². The summed E-state index contributed by atoms with van der Waals surface area (Å²) in [5.41, 5.74) is 1.14. The SMILES string of the molecule is COCCNC(=O)NC[C@@]1(O)CCCc2ccccc21. The summed E-state index contributed by atoms with van der Waals surface area (Å²) in [5.74, 6) is 0. The predicted molar refractivity (Wildman–Crippen MR) is 76.6 cm³/mol. The lowest BCUT2D eigenvalue weighted by Gasteiger charge is -2.34. The topological polar surface area (TPSA) is 70.6 Å². The summed E-state index contributed by atoms with van der Waals surface area (Å²) in [5, 5.41) is 16.2. The molecule has 0 saturated carbocycles. The number of nitrogens with one attached hydrogen (secondary N) is 2. The maximum absolute atomic E-state index is 11.6. The number of fused-ring (bicyclic) bond motifs is 1. The lowest BCUT2D eigenvalue weighted by Crippen LogP contribution is -2.46. The third-order valence-corrected chi connectivity index (χ3v) is 3.69. The second-order valence-electron chi connectivity index (χ2n) is 5.14. The zero-order valence-electron chi connectivity index (χ0n) is 11.8. The van der Waals surface area contributed by atoms with Crippen LogP contribution in [0.25, 0.3) is 0 Å². The number of rotatable bonds is 5. The number of carbonyl (C=O) groups is 1. The highest BCUT2D eigenvalue weighted by molar-refractivity contribution is 5.73. The van der Waals surface area contributed by atoms with Crippen molar-refractivity contribution < 1.29 is 14.6 Å². The van der Waals surface area contributed by atoms with Gasteiger partial charge in [-0.15, -0.1) is 0 Å². The third-order valence-electron chi connectivity index (χ3n) is 3.69. The van der Waals surface area contributed by atoms with Crippen LogP contribution in [0.4, 0.5) is 4.79 Å². The maximum atomic E-state index is 11.6. The van der Waals surface area contributed by atoms with E-state index in [1.54, 1.807) is 7.11 Å². The summed E-state index contributed by atoms with van der Waals surface area (Å²) < 4.78 is 4.86. The van der Waals surface area contributed by atoms with E-state index in [1.807, 2.05) is 24.3 Å². The van der Waals surface area contributed by atoms with E-state index in [0.29, 0.717) is 19.6 Å². The Balaban J connectivity index is 1.94. The molecule has 1 atom stereocenters. The number of benzene rings is 1. The van der Waals surface area contributed by atoms with Gasteiger partial charge in [0.05, 0.1) is 13.2 Å². The molecule has 20 heavy (non-hydrogen) atoms. The van der Waals surface area contributed by atoms with Crippen molar-refractivity contribution in [1.82, 2.24) is 10.6 Å². The molecule has 0 aromatic heterocycles. The van der Waals surface area contributed by atoms with Crippen LogP contribution in [-0.2, 0) is 16.8 Å². The van der Waals surface area contributed by atoms with E-state index in [1.165, 1.54) is 5.56 Å². The van der Waals surface area contributed by atoms with Crippen LogP contribution in [-0.4, -0.2) is 37.9 Å². The Morgan fingerprint density at radius 2 is 2.20 bits per heavy atom. The third kappa shape index (κ3) is 3.49. The number of ether oxygens (including phenoxy) is 1. The number of aryl methyl sites for hydroxylation is 1. The molecule has 0 saturated heterocycles. The van der Waals surface area contributed by atoms with Crippen molar-refractivity contribution in [1.29, 1.82) is 0 Å². The number of urea groups is 1. The Kier molecular flexibility index (Phi) is 4.98. The van der Waals surface area contributed by atoms with Gasteiger partial charge in [-0.3, -0.25) is 0 Å². The molecule has 0 bridgehead atoms. The molecule has 1 aliphatic rings. The molecule has 0 spiro atoms. The second-order valence-corrected chi connectivity index (χ2v) is 5.14. The molecule has 1 aliphatic carbocycles. The number of aliphatic hydroxyl groups is 1. The average Bonchev–Trinajstić information content (AvgIpc) is 2.46. The summed E-state index contributed by atoms with van der Waals surface area (Å²) in [6, 6.07) is 7.61. The highest BCUT2D eigenvalue weighted by Gasteiger charge is 2.34. The molecule has 0 aliphatic heterocycles. The normalized spacial score (nSPS) is 21.1. The van der Waals surface area contributed by atoms with E-state index < -0.39 is 5.60 Å². The molecule has 0 heterocycles. The second kappa shape index (κ2) is 6.72. The first kappa shape index (κ1) is 14.8. The summed E-state index contributed by atoms with van der Waals surface area (Å²) in [4.78, 5) is 11.6. The van der Waals surface area contributed by atoms with Crippen molar-refractivity contribution >= 4 is 6.03 Å². The van der Waals surface area contributed by atoms with Crippen LogP contribution >= 0.6 is 0 Å². The zero-order chi connectivity index (χ0) is 14.4. The Morgan fingerprint density at radius 1 is 1.40 bits per heavy atom. The molecule has 1 aromatic carbocycles. The van der Waals surface area contributed by atoms with E-state index in [0.717, 1.165) is 18.4 Å². The van der Waals surface area contributed by atoms with E-state index in [-0.39, 0.29) is 12.6 Å². The van der Waals surface area contributed by atoms with Gasteiger partial charge in [0.25, 0.3) is 0 Å². The van der Waals surface area contributed by atoms with Crippen molar-refractivity contribution in [2.24, 2.45) is 0 Å². The van der Waals surface area contributed by atoms with E-state index in [4.69, 9.17) is 4.74 Å². The van der Waals surface area contributed by atoms with Gasteiger partial charge >= 0.3 is 6.03 Å². The minimum atomic E-state index is -0.965. The number of hydrogen-bond acceptors (Lipinski definition) is 3. The van der Waals surface area contributed by atoms with Crippen molar-refractivity contribution in [2.75, 3.05) is 26.8 Å². The standard InChI is InChI=1S/C15H22N2O3/c1-20-10-9-16-14(18)17-11-15(19)8-4-6-12-5-2-3-7-13(12)15/h2-3,5,7,19H,4,6,8-11H2,1H3,(H2,16,17,18)/t15-/m0/s1. The summed E-state index contributed by atoms with van der Waals surface area (Å²) in [6.07, 6.45) is 2.58. The minimum absolute atomic E-state index is 0.225. The van der Waals surface area contributed by atoms with Crippen molar-refractivity contribution in [3.8, 4) is 0 Å². The monoisotopic (exact) mass is 278 g/mol. The van der Waals surface area contributed by atoms with E-state index >= 15 is 0 Å². The van der Waals surface area contributed by atoms with E-state index in [9.17, 15) is 9.90 Å². The van der Waals surface area contributed by atoms with Gasteiger partial charge in [-0.1, -0.05) is 24.3 Å². The van der Waals surface area contributed by atoms with Crippen LogP contribution in [0.3, 0.4) is 0 Å². The molecule has 5 nitrogen and oxygen atoms in total. The van der Waals surface area contributed by atoms with Gasteiger partial charge in [0, 0.05) is 13.7 Å². The molecule has 2 amide bonds. The lowest BCUT2D eigenvalue weighted by atomic mass is 9.79. The Morgan fingerprint density at radius 3 is 3.00 bits per heavy atom. The molecule has 2 rings (SSSR count). The molecule has 0 fully saturated rings. The molecule has 110 valence electrons. The first-order chi connectivity index (χ1) is 9.65. The van der Waals surface area contributed by atoms with Crippen LogP contribution in [0.2, 0.25) is 0 Å². The van der Waals surface area contributed by atoms with Crippen LogP contribution < -0.4 is 10.6 Å². The zero-order valence-corrected chi connectivity index (χ0v) is 11.8. The molecular weight excluding hydrogens is 256 g/mol. The smallest absolute Gasteiger partial charge is 0.314 e. The Bertz CT molecular complexity index is 464. The van der Waals surface area contributed by atoms with Gasteiger partial charge in [0.2, 0.25) is 0 Å². The Labute approximate surface area is 119 Å². The lowest BCUT2D eigenvalue weighted by molar-refractivity contribution is 0.0216. The van der Waals surface area contributed by atoms with Crippen LogP contribution in [0, 0.1) is 0 Å². The van der Waals surface area contributed by atoms with Crippen LogP contribution in [0.15, 0.2) is 24.3 Å². The molecule has 0 unspecified atom stereocenters. The number of amides is 2. The summed E-state index contributed by atoms with van der Waals surface area (Å²) in [6.45, 7) is 1.15. The molecule has 5 heteroatoms. The molecule has 3 N–H and O–H groups in total. The fourth-order valence-corrected chi connectivity index (χ4v) is 2.64. The number of methoxy groups -OCH3 is 1. The average molecular weight is 278 g/mol. The van der Waals surface area contributed by atoms with Crippen molar-refractivity contribution in [3.05, 3.63) is 35.4 Å². The van der Waals surface area contributed by atoms with Gasteiger partial charge in [-0.2, -0.15) is 0 Å².